The van der Waals surface area contributed by atoms with Gasteiger partial charge in [0, 0.05) is 35.5 Å². The van der Waals surface area contributed by atoms with Crippen LogP contribution >= 0.6 is 27.3 Å². The molecule has 3 heterocycles. The number of benzene rings is 1. The summed E-state index contributed by atoms with van der Waals surface area (Å²) in [7, 11) is 0. The molecule has 0 spiro atoms. The number of aromatic nitrogens is 3. The van der Waals surface area contributed by atoms with E-state index in [-0.39, 0.29) is 5.91 Å². The number of carbonyl (C=O) groups is 1. The van der Waals surface area contributed by atoms with Crippen molar-refractivity contribution in [2.75, 3.05) is 28.6 Å². The van der Waals surface area contributed by atoms with E-state index < -0.39 is 0 Å². The molecule has 4 rings (SSSR count). The van der Waals surface area contributed by atoms with Gasteiger partial charge in [-0.05, 0) is 42.8 Å². The van der Waals surface area contributed by atoms with E-state index in [1.165, 1.54) is 17.0 Å². The Balaban J connectivity index is 1.33. The topological polar surface area (TPSA) is 83.0 Å². The van der Waals surface area contributed by atoms with E-state index in [9.17, 15) is 4.79 Å². The monoisotopic (exact) mass is 444 g/mol. The van der Waals surface area contributed by atoms with Crippen molar-refractivity contribution in [3.05, 3.63) is 58.1 Å². The fraction of sp³-hybridized carbons (Fsp3) is 0.222. The van der Waals surface area contributed by atoms with Gasteiger partial charge in [0.25, 0.3) is 5.91 Å². The van der Waals surface area contributed by atoms with Crippen LogP contribution < -0.4 is 15.5 Å². The molecular formula is C18H17BrN6OS. The molecule has 0 saturated carbocycles. The number of carbonyl (C=O) groups excluding carboxylic acids is 1. The third kappa shape index (κ3) is 4.42. The van der Waals surface area contributed by atoms with Crippen molar-refractivity contribution in [3.63, 3.8) is 0 Å². The Morgan fingerprint density at radius 1 is 1.22 bits per heavy atom. The maximum atomic E-state index is 12.1. The van der Waals surface area contributed by atoms with Crippen molar-refractivity contribution >= 4 is 49.8 Å². The summed E-state index contributed by atoms with van der Waals surface area (Å²) < 4.78 is 1.08. The molecule has 1 amide bonds. The third-order valence-corrected chi connectivity index (χ3v) is 5.47. The second-order valence-corrected chi connectivity index (χ2v) is 7.93. The minimum absolute atomic E-state index is 0.243. The molecule has 27 heavy (non-hydrogen) atoms. The summed E-state index contributed by atoms with van der Waals surface area (Å²) >= 11 is 4.74. The van der Waals surface area contributed by atoms with Crippen LogP contribution in [0.2, 0.25) is 0 Å². The molecule has 1 unspecified atom stereocenters. The first-order valence-corrected chi connectivity index (χ1v) is 10.2. The molecule has 138 valence electrons. The zero-order valence-electron chi connectivity index (χ0n) is 14.3. The lowest BCUT2D eigenvalue weighted by molar-refractivity contribution is 0.102. The highest BCUT2D eigenvalue weighted by molar-refractivity contribution is 9.10. The lowest BCUT2D eigenvalue weighted by atomic mass is 10.2. The number of hydrogen-bond acceptors (Lipinski definition) is 7. The van der Waals surface area contributed by atoms with Crippen molar-refractivity contribution in [2.45, 2.75) is 12.5 Å². The molecule has 1 aliphatic heterocycles. The smallest absolute Gasteiger partial charge is 0.259 e. The highest BCUT2D eigenvalue weighted by Gasteiger charge is 2.23. The summed E-state index contributed by atoms with van der Waals surface area (Å²) in [5, 5.41) is 14.1. The summed E-state index contributed by atoms with van der Waals surface area (Å²) in [5.74, 6) is 0.526. The number of rotatable bonds is 5. The van der Waals surface area contributed by atoms with Crippen molar-refractivity contribution in [2.24, 2.45) is 0 Å². The normalized spacial score (nSPS) is 16.3. The van der Waals surface area contributed by atoms with E-state index in [0.29, 0.717) is 16.7 Å². The van der Waals surface area contributed by atoms with Crippen molar-refractivity contribution in [1.29, 1.82) is 0 Å². The lowest BCUT2D eigenvalue weighted by Gasteiger charge is -2.19. The van der Waals surface area contributed by atoms with Crippen LogP contribution in [0.5, 0.6) is 0 Å². The second-order valence-electron chi connectivity index (χ2n) is 6.18. The van der Waals surface area contributed by atoms with Gasteiger partial charge < -0.3 is 10.2 Å². The maximum Gasteiger partial charge on any atom is 0.259 e. The van der Waals surface area contributed by atoms with Gasteiger partial charge in [0.1, 0.15) is 11.3 Å². The summed E-state index contributed by atoms with van der Waals surface area (Å²) in [6.45, 7) is 1.92. The van der Waals surface area contributed by atoms with Gasteiger partial charge in [-0.15, -0.1) is 10.2 Å². The van der Waals surface area contributed by atoms with Gasteiger partial charge >= 0.3 is 0 Å². The fourth-order valence-corrected chi connectivity index (χ4v) is 3.69. The van der Waals surface area contributed by atoms with Crippen LogP contribution in [-0.2, 0) is 0 Å². The Hall–Kier alpha value is -2.52. The van der Waals surface area contributed by atoms with Gasteiger partial charge in [0.2, 0.25) is 5.13 Å². The van der Waals surface area contributed by atoms with Crippen molar-refractivity contribution in [1.82, 2.24) is 15.2 Å². The molecule has 1 atom stereocenters. The number of halogens is 1. The van der Waals surface area contributed by atoms with Crippen LogP contribution in [0.25, 0.3) is 0 Å². The van der Waals surface area contributed by atoms with E-state index in [0.717, 1.165) is 29.8 Å². The van der Waals surface area contributed by atoms with Crippen LogP contribution in [0.4, 0.5) is 16.6 Å². The van der Waals surface area contributed by atoms with Crippen LogP contribution in [0.3, 0.4) is 0 Å². The number of nitrogens with zero attached hydrogens (tertiary/aromatic N) is 4. The molecule has 2 N–H and O–H groups in total. The van der Waals surface area contributed by atoms with Gasteiger partial charge in [-0.3, -0.25) is 10.1 Å². The summed E-state index contributed by atoms with van der Waals surface area (Å²) in [5.41, 5.74) is 3.28. The largest absolute Gasteiger partial charge is 0.369 e. The Kier molecular flexibility index (Phi) is 5.30. The minimum Gasteiger partial charge on any atom is -0.369 e. The molecule has 2 aromatic heterocycles. The number of anilines is 3. The zero-order valence-corrected chi connectivity index (χ0v) is 16.7. The standard InChI is InChI=1S/C18H17BrN6OS/c19-13-2-4-15(5-3-13)25-8-7-14(10-25)22-16-6-1-12(9-20-16)17(26)23-18-24-21-11-27-18/h1-6,9,11,14H,7-8,10H2,(H,20,22)(H,23,24,26). The number of pyridine rings is 1. The molecule has 9 heteroatoms. The average molecular weight is 445 g/mol. The van der Waals surface area contributed by atoms with Crippen LogP contribution in [0, 0.1) is 0 Å². The molecule has 3 aromatic rings. The molecule has 1 aliphatic rings. The van der Waals surface area contributed by atoms with Crippen LogP contribution in [-0.4, -0.2) is 40.2 Å². The van der Waals surface area contributed by atoms with Crippen molar-refractivity contribution in [3.8, 4) is 0 Å². The van der Waals surface area contributed by atoms with E-state index in [1.807, 2.05) is 6.07 Å². The highest BCUT2D eigenvalue weighted by atomic mass is 79.9. The molecule has 0 bridgehead atoms. The van der Waals surface area contributed by atoms with E-state index in [2.05, 4.69) is 70.9 Å². The first kappa shape index (κ1) is 17.9. The minimum atomic E-state index is -0.243. The lowest BCUT2D eigenvalue weighted by Crippen LogP contribution is -2.26. The van der Waals surface area contributed by atoms with Gasteiger partial charge in [-0.2, -0.15) is 0 Å². The Morgan fingerprint density at radius 3 is 2.78 bits per heavy atom. The van der Waals surface area contributed by atoms with Gasteiger partial charge in [0.15, 0.2) is 0 Å². The molecule has 0 radical (unpaired) electrons. The molecule has 1 aromatic carbocycles. The number of amides is 1. The Morgan fingerprint density at radius 2 is 2.07 bits per heavy atom. The Bertz CT molecular complexity index is 901. The predicted octanol–water partition coefficient (Wildman–Crippen LogP) is 3.64. The molecule has 1 fully saturated rings. The molecule has 1 saturated heterocycles. The SMILES string of the molecule is O=C(Nc1nncs1)c1ccc(NC2CCN(c3ccc(Br)cc3)C2)nc1. The zero-order chi connectivity index (χ0) is 18.6. The quantitative estimate of drug-likeness (QED) is 0.624. The van der Waals surface area contributed by atoms with Gasteiger partial charge in [-0.1, -0.05) is 27.3 Å². The van der Waals surface area contributed by atoms with Gasteiger partial charge in [0.05, 0.1) is 5.56 Å². The average Bonchev–Trinajstić information content (AvgIpc) is 3.35. The fourth-order valence-electron chi connectivity index (χ4n) is 2.98. The first-order chi connectivity index (χ1) is 13.2. The second kappa shape index (κ2) is 8.01. The van der Waals surface area contributed by atoms with E-state index in [4.69, 9.17) is 0 Å². The van der Waals surface area contributed by atoms with E-state index in [1.54, 1.807) is 17.8 Å². The highest BCUT2D eigenvalue weighted by Crippen LogP contribution is 2.24. The van der Waals surface area contributed by atoms with Crippen LogP contribution in [0.15, 0.2) is 52.6 Å². The first-order valence-electron chi connectivity index (χ1n) is 8.48. The summed E-state index contributed by atoms with van der Waals surface area (Å²) in [6.07, 6.45) is 2.61. The van der Waals surface area contributed by atoms with Gasteiger partial charge in [-0.25, -0.2) is 4.98 Å². The molecule has 7 nitrogen and oxygen atoms in total. The molecule has 0 aliphatic carbocycles. The van der Waals surface area contributed by atoms with E-state index >= 15 is 0 Å². The van der Waals surface area contributed by atoms with Crippen LogP contribution in [0.1, 0.15) is 16.8 Å². The number of nitrogens with one attached hydrogen (secondary N) is 2. The predicted molar refractivity (Wildman–Crippen MR) is 110 cm³/mol. The van der Waals surface area contributed by atoms with Crippen molar-refractivity contribution < 1.29 is 4.79 Å². The third-order valence-electron chi connectivity index (χ3n) is 4.34. The molecular weight excluding hydrogens is 428 g/mol. The Labute approximate surface area is 169 Å². The summed E-state index contributed by atoms with van der Waals surface area (Å²) in [6, 6.07) is 12.3. The summed E-state index contributed by atoms with van der Waals surface area (Å²) in [4.78, 5) is 18.9. The maximum absolute atomic E-state index is 12.1. The number of hydrogen-bond donors (Lipinski definition) is 2.